The summed E-state index contributed by atoms with van der Waals surface area (Å²) < 4.78 is 0. The van der Waals surface area contributed by atoms with Crippen LogP contribution in [0.4, 0.5) is 0 Å². The van der Waals surface area contributed by atoms with Crippen molar-refractivity contribution in [2.45, 2.75) is 19.8 Å². The van der Waals surface area contributed by atoms with E-state index in [1.807, 2.05) is 0 Å². The third-order valence-electron chi connectivity index (χ3n) is 2.09. The molecule has 1 aromatic rings. The first kappa shape index (κ1) is 10.3. The highest BCUT2D eigenvalue weighted by atomic mass is 16.4. The molecule has 0 radical (unpaired) electrons. The number of carbonyl (C=O) groups is 2. The molecule has 0 saturated heterocycles. The molecule has 5 nitrogen and oxygen atoms in total. The zero-order chi connectivity index (χ0) is 10.9. The fraction of sp³-hybridized carbons (Fsp3) is 0.333. The van der Waals surface area contributed by atoms with Crippen molar-refractivity contribution in [3.8, 4) is 0 Å². The fourth-order valence-electron chi connectivity index (χ4n) is 1.17. The van der Waals surface area contributed by atoms with Crippen molar-refractivity contribution in [2.75, 3.05) is 0 Å². The van der Waals surface area contributed by atoms with Gasteiger partial charge < -0.3 is 15.2 Å². The summed E-state index contributed by atoms with van der Waals surface area (Å²) in [6, 6.07) is 1.54. The highest BCUT2D eigenvalue weighted by molar-refractivity contribution is 5.88. The number of carboxylic acids is 2. The molecular formula is C9H11NO4. The second kappa shape index (κ2) is 3.53. The standard InChI is InChI=1S/C9H11NO4/c1-4-3-6(5(2)8(11)12)10-7(4)9(13)14/h3,5,10H,1-2H3,(H,11,12)(H,13,14). The molecule has 5 heteroatoms. The first-order valence-electron chi connectivity index (χ1n) is 4.09. The first-order valence-corrected chi connectivity index (χ1v) is 4.09. The average Bonchev–Trinajstić information content (AvgIpc) is 2.45. The van der Waals surface area contributed by atoms with Gasteiger partial charge in [-0.25, -0.2) is 4.79 Å². The summed E-state index contributed by atoms with van der Waals surface area (Å²) in [6.07, 6.45) is 0. The molecule has 0 aliphatic rings. The largest absolute Gasteiger partial charge is 0.481 e. The molecule has 0 aliphatic heterocycles. The number of aromatic carboxylic acids is 1. The van der Waals surface area contributed by atoms with E-state index in [4.69, 9.17) is 10.2 Å². The van der Waals surface area contributed by atoms with Crippen molar-refractivity contribution in [3.63, 3.8) is 0 Å². The lowest BCUT2D eigenvalue weighted by atomic mass is 10.1. The van der Waals surface area contributed by atoms with E-state index >= 15 is 0 Å². The molecule has 1 rings (SSSR count). The van der Waals surface area contributed by atoms with Gasteiger partial charge >= 0.3 is 11.9 Å². The van der Waals surface area contributed by atoms with E-state index in [9.17, 15) is 9.59 Å². The number of hydrogen-bond acceptors (Lipinski definition) is 2. The molecule has 14 heavy (non-hydrogen) atoms. The Balaban J connectivity index is 3.08. The molecule has 1 heterocycles. The molecule has 0 spiro atoms. The van der Waals surface area contributed by atoms with Gasteiger partial charge in [-0.3, -0.25) is 4.79 Å². The minimum atomic E-state index is -1.08. The SMILES string of the molecule is Cc1cc(C(C)C(=O)O)[nH]c1C(=O)O. The van der Waals surface area contributed by atoms with E-state index in [1.54, 1.807) is 13.0 Å². The smallest absolute Gasteiger partial charge is 0.352 e. The number of H-pyrrole nitrogens is 1. The van der Waals surface area contributed by atoms with Crippen LogP contribution in [0.1, 0.15) is 34.6 Å². The predicted molar refractivity (Wildman–Crippen MR) is 48.5 cm³/mol. The maximum atomic E-state index is 10.6. The molecule has 1 atom stereocenters. The number of aryl methyl sites for hydroxylation is 1. The van der Waals surface area contributed by atoms with Crippen LogP contribution >= 0.6 is 0 Å². The van der Waals surface area contributed by atoms with Crippen LogP contribution in [0.5, 0.6) is 0 Å². The third kappa shape index (κ3) is 1.76. The van der Waals surface area contributed by atoms with E-state index in [0.717, 1.165) is 0 Å². The van der Waals surface area contributed by atoms with Gasteiger partial charge in [0.05, 0.1) is 5.92 Å². The van der Waals surface area contributed by atoms with Crippen molar-refractivity contribution in [1.82, 2.24) is 4.98 Å². The normalized spacial score (nSPS) is 12.4. The van der Waals surface area contributed by atoms with Crippen molar-refractivity contribution < 1.29 is 19.8 Å². The zero-order valence-electron chi connectivity index (χ0n) is 7.87. The average molecular weight is 197 g/mol. The fourth-order valence-corrected chi connectivity index (χ4v) is 1.17. The molecule has 76 valence electrons. The van der Waals surface area contributed by atoms with Gasteiger partial charge in [0.15, 0.2) is 0 Å². The number of carboxylic acid groups (broad SMARTS) is 2. The third-order valence-corrected chi connectivity index (χ3v) is 2.09. The first-order chi connectivity index (χ1) is 6.43. The second-order valence-corrected chi connectivity index (χ2v) is 3.15. The van der Waals surface area contributed by atoms with Crippen molar-refractivity contribution in [3.05, 3.63) is 23.0 Å². The lowest BCUT2D eigenvalue weighted by molar-refractivity contribution is -0.138. The lowest BCUT2D eigenvalue weighted by Gasteiger charge is -2.01. The number of aromatic amines is 1. The van der Waals surface area contributed by atoms with E-state index < -0.39 is 17.9 Å². The molecule has 3 N–H and O–H groups in total. The second-order valence-electron chi connectivity index (χ2n) is 3.15. The molecular weight excluding hydrogens is 186 g/mol. The van der Waals surface area contributed by atoms with Crippen LogP contribution in [-0.4, -0.2) is 27.1 Å². The number of aliphatic carboxylic acids is 1. The minimum absolute atomic E-state index is 0.0492. The minimum Gasteiger partial charge on any atom is -0.481 e. The van der Waals surface area contributed by atoms with Crippen molar-refractivity contribution in [2.24, 2.45) is 0 Å². The summed E-state index contributed by atoms with van der Waals surface area (Å²) in [5, 5.41) is 17.4. The van der Waals surface area contributed by atoms with Gasteiger partial charge in [-0.05, 0) is 25.5 Å². The summed E-state index contributed by atoms with van der Waals surface area (Å²) in [5.41, 5.74) is 1.00. The highest BCUT2D eigenvalue weighted by Gasteiger charge is 2.19. The van der Waals surface area contributed by atoms with E-state index in [-0.39, 0.29) is 5.69 Å². The number of hydrogen-bond donors (Lipinski definition) is 3. The quantitative estimate of drug-likeness (QED) is 0.679. The van der Waals surface area contributed by atoms with E-state index in [2.05, 4.69) is 4.98 Å². The molecule has 0 aromatic carbocycles. The van der Waals surface area contributed by atoms with Gasteiger partial charge in [-0.1, -0.05) is 0 Å². The molecule has 0 bridgehead atoms. The topological polar surface area (TPSA) is 90.4 Å². The Kier molecular flexibility index (Phi) is 2.60. The van der Waals surface area contributed by atoms with Crippen LogP contribution in [0.3, 0.4) is 0 Å². The Morgan fingerprint density at radius 1 is 1.43 bits per heavy atom. The van der Waals surface area contributed by atoms with Crippen LogP contribution in [0.2, 0.25) is 0 Å². The van der Waals surface area contributed by atoms with E-state index in [1.165, 1.54) is 6.92 Å². The Labute approximate surface area is 80.4 Å². The van der Waals surface area contributed by atoms with Crippen LogP contribution in [-0.2, 0) is 4.79 Å². The highest BCUT2D eigenvalue weighted by Crippen LogP contribution is 2.18. The molecule has 0 amide bonds. The van der Waals surface area contributed by atoms with Gasteiger partial charge in [-0.15, -0.1) is 0 Å². The summed E-state index contributed by atoms with van der Waals surface area (Å²) in [6.45, 7) is 3.12. The molecule has 0 aliphatic carbocycles. The summed E-state index contributed by atoms with van der Waals surface area (Å²) in [4.78, 5) is 23.9. The van der Waals surface area contributed by atoms with Gasteiger partial charge in [0.1, 0.15) is 5.69 Å². The lowest BCUT2D eigenvalue weighted by Crippen LogP contribution is -2.08. The summed E-state index contributed by atoms with van der Waals surface area (Å²) in [7, 11) is 0. The zero-order valence-corrected chi connectivity index (χ0v) is 7.87. The van der Waals surface area contributed by atoms with Crippen molar-refractivity contribution >= 4 is 11.9 Å². The molecule has 0 saturated carbocycles. The van der Waals surface area contributed by atoms with Gasteiger partial charge in [-0.2, -0.15) is 0 Å². The van der Waals surface area contributed by atoms with Gasteiger partial charge in [0.2, 0.25) is 0 Å². The van der Waals surface area contributed by atoms with Gasteiger partial charge in [0, 0.05) is 5.69 Å². The Morgan fingerprint density at radius 2 is 2.00 bits per heavy atom. The predicted octanol–water partition coefficient (Wildman–Crippen LogP) is 1.21. The van der Waals surface area contributed by atoms with E-state index in [0.29, 0.717) is 11.3 Å². The monoisotopic (exact) mass is 197 g/mol. The van der Waals surface area contributed by atoms with Gasteiger partial charge in [0.25, 0.3) is 0 Å². The molecule has 0 fully saturated rings. The molecule has 1 aromatic heterocycles. The summed E-state index contributed by atoms with van der Waals surface area (Å²) >= 11 is 0. The number of rotatable bonds is 3. The van der Waals surface area contributed by atoms with Crippen LogP contribution < -0.4 is 0 Å². The maximum absolute atomic E-state index is 10.6. The van der Waals surface area contributed by atoms with Crippen LogP contribution in [0.15, 0.2) is 6.07 Å². The van der Waals surface area contributed by atoms with Crippen LogP contribution in [0.25, 0.3) is 0 Å². The Hall–Kier alpha value is -1.78. The van der Waals surface area contributed by atoms with Crippen LogP contribution in [0, 0.1) is 6.92 Å². The number of nitrogens with one attached hydrogen (secondary N) is 1. The maximum Gasteiger partial charge on any atom is 0.352 e. The Morgan fingerprint density at radius 3 is 2.36 bits per heavy atom. The number of aromatic nitrogens is 1. The van der Waals surface area contributed by atoms with Crippen molar-refractivity contribution in [1.29, 1.82) is 0 Å². The molecule has 1 unspecified atom stereocenters. The summed E-state index contributed by atoms with van der Waals surface area (Å²) in [5.74, 6) is -2.78. The Bertz CT molecular complexity index is 380.